The molecule has 1 aliphatic heterocycles. The number of hydrogen-bond acceptors (Lipinski definition) is 6. The van der Waals surface area contributed by atoms with E-state index in [4.69, 9.17) is 4.52 Å². The van der Waals surface area contributed by atoms with Crippen LogP contribution < -0.4 is 5.32 Å². The number of aliphatic imine (C=N–C) groups is 1. The third-order valence-corrected chi connectivity index (χ3v) is 6.79. The van der Waals surface area contributed by atoms with Crippen molar-refractivity contribution in [3.63, 3.8) is 0 Å². The molecule has 142 valence electrons. The number of hydrogen-bond donors (Lipinski definition) is 1. The second kappa shape index (κ2) is 8.65. The average Bonchev–Trinajstić information content (AvgIpc) is 3.33. The standard InChI is InChI=1S/C16H23N5O3S2/c1-17-16(18-5-2-14-4-11-25-12-14)20-6-8-21(9-7-20)26(22,23)13-15-3-10-24-19-15/h3-4,10-12H,2,5-9,13H2,1H3,(H,17,18). The van der Waals surface area contributed by atoms with Crippen LogP contribution in [0.5, 0.6) is 0 Å². The van der Waals surface area contributed by atoms with E-state index in [0.29, 0.717) is 31.9 Å². The first-order valence-electron chi connectivity index (χ1n) is 8.42. The van der Waals surface area contributed by atoms with E-state index in [9.17, 15) is 8.42 Å². The minimum Gasteiger partial charge on any atom is -0.364 e. The number of rotatable bonds is 6. The highest BCUT2D eigenvalue weighted by molar-refractivity contribution is 7.88. The fourth-order valence-electron chi connectivity index (χ4n) is 2.85. The summed E-state index contributed by atoms with van der Waals surface area (Å²) in [5, 5.41) is 11.3. The Labute approximate surface area is 157 Å². The van der Waals surface area contributed by atoms with E-state index in [2.05, 4.69) is 37.2 Å². The van der Waals surface area contributed by atoms with E-state index >= 15 is 0 Å². The molecule has 8 nitrogen and oxygen atoms in total. The number of aromatic nitrogens is 1. The molecule has 2 aromatic rings. The van der Waals surface area contributed by atoms with Crippen LogP contribution in [0.2, 0.25) is 0 Å². The number of thiophene rings is 1. The van der Waals surface area contributed by atoms with Crippen molar-refractivity contribution in [3.05, 3.63) is 40.4 Å². The second-order valence-corrected chi connectivity index (χ2v) is 8.74. The van der Waals surface area contributed by atoms with Gasteiger partial charge in [0.2, 0.25) is 10.0 Å². The summed E-state index contributed by atoms with van der Waals surface area (Å²) in [6, 6.07) is 3.70. The lowest BCUT2D eigenvalue weighted by Gasteiger charge is -2.35. The fourth-order valence-corrected chi connectivity index (χ4v) is 4.98. The van der Waals surface area contributed by atoms with Crippen molar-refractivity contribution in [2.75, 3.05) is 39.8 Å². The zero-order valence-corrected chi connectivity index (χ0v) is 16.3. The zero-order valence-electron chi connectivity index (χ0n) is 14.7. The van der Waals surface area contributed by atoms with Gasteiger partial charge in [-0.1, -0.05) is 5.16 Å². The number of nitrogens with zero attached hydrogens (tertiary/aromatic N) is 4. The highest BCUT2D eigenvalue weighted by atomic mass is 32.2. The van der Waals surface area contributed by atoms with Gasteiger partial charge in [-0.3, -0.25) is 4.99 Å². The van der Waals surface area contributed by atoms with E-state index in [1.807, 2.05) is 0 Å². The van der Waals surface area contributed by atoms with Crippen LogP contribution in [0.4, 0.5) is 0 Å². The van der Waals surface area contributed by atoms with Gasteiger partial charge < -0.3 is 14.7 Å². The molecule has 0 aliphatic carbocycles. The summed E-state index contributed by atoms with van der Waals surface area (Å²) in [6.45, 7) is 2.89. The molecular formula is C16H23N5O3S2. The molecule has 26 heavy (non-hydrogen) atoms. The number of guanidine groups is 1. The largest absolute Gasteiger partial charge is 0.364 e. The quantitative estimate of drug-likeness (QED) is 0.578. The van der Waals surface area contributed by atoms with Gasteiger partial charge in [0.25, 0.3) is 0 Å². The molecule has 1 fully saturated rings. The van der Waals surface area contributed by atoms with Gasteiger partial charge >= 0.3 is 0 Å². The molecule has 3 heterocycles. The van der Waals surface area contributed by atoms with E-state index in [1.54, 1.807) is 24.5 Å². The van der Waals surface area contributed by atoms with Crippen LogP contribution in [0.3, 0.4) is 0 Å². The molecular weight excluding hydrogens is 374 g/mol. The van der Waals surface area contributed by atoms with Gasteiger partial charge in [-0.05, 0) is 28.8 Å². The van der Waals surface area contributed by atoms with E-state index in [1.165, 1.54) is 16.1 Å². The Kier molecular flexibility index (Phi) is 6.28. The number of piperazine rings is 1. The lowest BCUT2D eigenvalue weighted by atomic mass is 10.2. The Morgan fingerprint density at radius 2 is 2.15 bits per heavy atom. The molecule has 1 aliphatic rings. The summed E-state index contributed by atoms with van der Waals surface area (Å²) < 4.78 is 31.2. The Balaban J connectivity index is 1.48. The van der Waals surface area contributed by atoms with Crippen LogP contribution in [-0.2, 0) is 22.2 Å². The fraction of sp³-hybridized carbons (Fsp3) is 0.500. The molecule has 1 saturated heterocycles. The molecule has 0 amide bonds. The van der Waals surface area contributed by atoms with Crippen LogP contribution in [0.1, 0.15) is 11.3 Å². The van der Waals surface area contributed by atoms with Crippen molar-refractivity contribution in [2.45, 2.75) is 12.2 Å². The number of nitrogens with one attached hydrogen (secondary N) is 1. The van der Waals surface area contributed by atoms with E-state index < -0.39 is 10.0 Å². The van der Waals surface area contributed by atoms with Gasteiger partial charge in [0.15, 0.2) is 5.96 Å². The van der Waals surface area contributed by atoms with Crippen LogP contribution in [0.15, 0.2) is 38.7 Å². The van der Waals surface area contributed by atoms with Crippen molar-refractivity contribution < 1.29 is 12.9 Å². The Morgan fingerprint density at radius 1 is 1.35 bits per heavy atom. The van der Waals surface area contributed by atoms with Crippen molar-refractivity contribution in [2.24, 2.45) is 4.99 Å². The molecule has 0 radical (unpaired) electrons. The monoisotopic (exact) mass is 397 g/mol. The summed E-state index contributed by atoms with van der Waals surface area (Å²) in [5.74, 6) is 0.686. The summed E-state index contributed by atoms with van der Waals surface area (Å²) >= 11 is 1.69. The zero-order chi connectivity index (χ0) is 18.4. The van der Waals surface area contributed by atoms with E-state index in [-0.39, 0.29) is 5.75 Å². The van der Waals surface area contributed by atoms with Gasteiger partial charge in [0, 0.05) is 45.8 Å². The Hall–Kier alpha value is -1.91. The molecule has 0 aromatic carbocycles. The van der Waals surface area contributed by atoms with Gasteiger partial charge in [-0.2, -0.15) is 15.6 Å². The summed E-state index contributed by atoms with van der Waals surface area (Å²) in [6.07, 6.45) is 2.32. The first-order valence-corrected chi connectivity index (χ1v) is 11.0. The third-order valence-electron chi connectivity index (χ3n) is 4.24. The maximum Gasteiger partial charge on any atom is 0.220 e. The Morgan fingerprint density at radius 3 is 2.77 bits per heavy atom. The lowest BCUT2D eigenvalue weighted by molar-refractivity contribution is 0.260. The molecule has 2 aromatic heterocycles. The summed E-state index contributed by atoms with van der Waals surface area (Å²) in [4.78, 5) is 6.42. The molecule has 10 heteroatoms. The summed E-state index contributed by atoms with van der Waals surface area (Å²) in [7, 11) is -1.63. The molecule has 0 unspecified atom stereocenters. The number of sulfonamides is 1. The summed E-state index contributed by atoms with van der Waals surface area (Å²) in [5.41, 5.74) is 1.74. The van der Waals surface area contributed by atoms with E-state index in [0.717, 1.165) is 18.9 Å². The highest BCUT2D eigenvalue weighted by Crippen LogP contribution is 2.13. The topological polar surface area (TPSA) is 91.0 Å². The minimum atomic E-state index is -3.38. The molecule has 0 atom stereocenters. The lowest BCUT2D eigenvalue weighted by Crippen LogP contribution is -2.54. The van der Waals surface area contributed by atoms with Gasteiger partial charge in [-0.25, -0.2) is 8.42 Å². The molecule has 1 N–H and O–H groups in total. The average molecular weight is 398 g/mol. The Bertz CT molecular complexity index is 795. The van der Waals surface area contributed by atoms with Crippen LogP contribution in [-0.4, -0.2) is 68.5 Å². The SMILES string of the molecule is CN=C(NCCc1ccsc1)N1CCN(S(=O)(=O)Cc2ccon2)CC1. The van der Waals surface area contributed by atoms with Crippen molar-refractivity contribution in [1.82, 2.24) is 19.7 Å². The smallest absolute Gasteiger partial charge is 0.220 e. The maximum atomic E-state index is 12.5. The normalized spacial score (nSPS) is 16.8. The predicted octanol–water partition coefficient (Wildman–Crippen LogP) is 1.00. The van der Waals surface area contributed by atoms with Crippen molar-refractivity contribution >= 4 is 27.3 Å². The van der Waals surface area contributed by atoms with Crippen LogP contribution >= 0.6 is 11.3 Å². The van der Waals surface area contributed by atoms with Gasteiger partial charge in [-0.15, -0.1) is 0 Å². The molecule has 0 spiro atoms. The highest BCUT2D eigenvalue weighted by Gasteiger charge is 2.28. The van der Waals surface area contributed by atoms with Gasteiger partial charge in [0.05, 0.1) is 5.69 Å². The van der Waals surface area contributed by atoms with Crippen LogP contribution in [0.25, 0.3) is 0 Å². The first kappa shape index (κ1) is 18.9. The van der Waals surface area contributed by atoms with Crippen molar-refractivity contribution in [1.29, 1.82) is 0 Å². The molecule has 0 saturated carbocycles. The van der Waals surface area contributed by atoms with Gasteiger partial charge in [0.1, 0.15) is 12.0 Å². The third kappa shape index (κ3) is 4.83. The maximum absolute atomic E-state index is 12.5. The second-order valence-electron chi connectivity index (χ2n) is 5.99. The minimum absolute atomic E-state index is 0.128. The van der Waals surface area contributed by atoms with Crippen molar-refractivity contribution in [3.8, 4) is 0 Å². The molecule has 3 rings (SSSR count). The molecule has 0 bridgehead atoms. The first-order chi connectivity index (χ1) is 12.6. The predicted molar refractivity (Wildman–Crippen MR) is 102 cm³/mol. The van der Waals surface area contributed by atoms with Crippen LogP contribution in [0, 0.1) is 0 Å².